The van der Waals surface area contributed by atoms with Gasteiger partial charge in [-0.3, -0.25) is 0 Å². The van der Waals surface area contributed by atoms with Crippen molar-refractivity contribution in [2.24, 2.45) is 5.92 Å². The lowest BCUT2D eigenvalue weighted by atomic mass is 10.0. The summed E-state index contributed by atoms with van der Waals surface area (Å²) in [5.41, 5.74) is 0. The van der Waals surface area contributed by atoms with Gasteiger partial charge in [0.05, 0.1) is 0 Å². The van der Waals surface area contributed by atoms with Gasteiger partial charge in [0.1, 0.15) is 0 Å². The Morgan fingerprint density at radius 1 is 1.44 bits per heavy atom. The number of likely N-dealkylation sites (tertiary alicyclic amines) is 1. The van der Waals surface area contributed by atoms with Crippen LogP contribution in [0.5, 0.6) is 0 Å². The van der Waals surface area contributed by atoms with E-state index in [1.54, 1.807) is 0 Å². The number of rotatable bonds is 0. The van der Waals surface area contributed by atoms with E-state index in [1.165, 1.54) is 26.1 Å². The molecule has 2 heterocycles. The van der Waals surface area contributed by atoms with E-state index in [9.17, 15) is 0 Å². The smallest absolute Gasteiger partial charge is 0.0198 e. The summed E-state index contributed by atoms with van der Waals surface area (Å²) in [4.78, 5) is 2.43. The van der Waals surface area contributed by atoms with E-state index in [-0.39, 0.29) is 0 Å². The van der Waals surface area contributed by atoms with Gasteiger partial charge in [-0.05, 0) is 25.9 Å². The van der Waals surface area contributed by atoms with Gasteiger partial charge in [-0.25, -0.2) is 0 Å². The van der Waals surface area contributed by atoms with Crippen molar-refractivity contribution in [3.05, 3.63) is 0 Å². The SMILES string of the molecule is CN1C[C@H]2CN[C@H](C2)C1. The van der Waals surface area contributed by atoms with Gasteiger partial charge in [-0.15, -0.1) is 0 Å². The Hall–Kier alpha value is -0.0800. The Bertz CT molecular complexity index is 101. The van der Waals surface area contributed by atoms with E-state index in [1.807, 2.05) is 0 Å². The maximum atomic E-state index is 3.51. The summed E-state index contributed by atoms with van der Waals surface area (Å²) < 4.78 is 0. The second-order valence-electron chi connectivity index (χ2n) is 3.43. The van der Waals surface area contributed by atoms with Crippen LogP contribution in [-0.4, -0.2) is 37.6 Å². The Labute approximate surface area is 56.2 Å². The maximum Gasteiger partial charge on any atom is 0.0198 e. The number of hydrogen-bond acceptors (Lipinski definition) is 2. The van der Waals surface area contributed by atoms with Crippen molar-refractivity contribution in [1.82, 2.24) is 10.2 Å². The van der Waals surface area contributed by atoms with Crippen LogP contribution in [0.1, 0.15) is 6.42 Å². The molecule has 2 aliphatic rings. The molecule has 0 aromatic heterocycles. The molecule has 0 radical (unpaired) electrons. The molecule has 2 saturated heterocycles. The minimum atomic E-state index is 0.814. The van der Waals surface area contributed by atoms with Crippen LogP contribution in [0.4, 0.5) is 0 Å². The molecule has 0 aromatic carbocycles. The molecule has 2 rings (SSSR count). The molecule has 9 heavy (non-hydrogen) atoms. The fraction of sp³-hybridized carbons (Fsp3) is 1.00. The molecule has 0 saturated carbocycles. The summed E-state index contributed by atoms with van der Waals surface area (Å²) >= 11 is 0. The van der Waals surface area contributed by atoms with Gasteiger partial charge in [0.25, 0.3) is 0 Å². The summed E-state index contributed by atoms with van der Waals surface area (Å²) in [5.74, 6) is 0.953. The normalized spacial score (nSPS) is 43.7. The van der Waals surface area contributed by atoms with E-state index >= 15 is 0 Å². The third kappa shape index (κ3) is 0.970. The van der Waals surface area contributed by atoms with E-state index in [2.05, 4.69) is 17.3 Å². The summed E-state index contributed by atoms with van der Waals surface area (Å²) in [7, 11) is 2.21. The minimum Gasteiger partial charge on any atom is -0.312 e. The highest BCUT2D eigenvalue weighted by Gasteiger charge is 2.30. The lowest BCUT2D eigenvalue weighted by molar-refractivity contribution is 0.233. The van der Waals surface area contributed by atoms with Crippen LogP contribution in [0.2, 0.25) is 0 Å². The van der Waals surface area contributed by atoms with Crippen LogP contribution in [0.15, 0.2) is 0 Å². The van der Waals surface area contributed by atoms with Crippen LogP contribution in [0.3, 0.4) is 0 Å². The van der Waals surface area contributed by atoms with Gasteiger partial charge >= 0.3 is 0 Å². The molecule has 0 spiro atoms. The highest BCUT2D eigenvalue weighted by molar-refractivity contribution is 4.89. The Balaban J connectivity index is 2.03. The summed E-state index contributed by atoms with van der Waals surface area (Å²) in [6.45, 7) is 3.83. The van der Waals surface area contributed by atoms with E-state index in [0.29, 0.717) is 0 Å². The number of nitrogens with zero attached hydrogens (tertiary/aromatic N) is 1. The summed E-state index contributed by atoms with van der Waals surface area (Å²) in [5, 5.41) is 3.51. The summed E-state index contributed by atoms with van der Waals surface area (Å²) in [6.07, 6.45) is 1.42. The molecule has 0 amide bonds. The minimum absolute atomic E-state index is 0.814. The Morgan fingerprint density at radius 2 is 2.33 bits per heavy atom. The summed E-state index contributed by atoms with van der Waals surface area (Å²) in [6, 6.07) is 0.814. The topological polar surface area (TPSA) is 15.3 Å². The van der Waals surface area contributed by atoms with Crippen LogP contribution < -0.4 is 5.32 Å². The molecule has 2 aliphatic heterocycles. The average molecular weight is 126 g/mol. The standard InChI is InChI=1S/C7H14N2/c1-9-4-6-2-7(5-9)8-3-6/h6-8H,2-5H2,1H3/t6-,7-/m1/s1. The quantitative estimate of drug-likeness (QED) is 0.488. The second kappa shape index (κ2) is 1.96. The van der Waals surface area contributed by atoms with Gasteiger partial charge < -0.3 is 10.2 Å². The zero-order valence-electron chi connectivity index (χ0n) is 5.93. The molecule has 52 valence electrons. The predicted octanol–water partition coefficient (Wildman–Crippen LogP) is -0.0901. The van der Waals surface area contributed by atoms with Crippen molar-refractivity contribution < 1.29 is 0 Å². The highest BCUT2D eigenvalue weighted by Crippen LogP contribution is 2.20. The molecule has 0 aromatic rings. The molecule has 2 nitrogen and oxygen atoms in total. The first-order chi connectivity index (χ1) is 4.34. The first kappa shape index (κ1) is 5.69. The van der Waals surface area contributed by atoms with Crippen molar-refractivity contribution in [2.45, 2.75) is 12.5 Å². The first-order valence-corrected chi connectivity index (χ1v) is 3.76. The number of piperidine rings is 1. The van der Waals surface area contributed by atoms with Gasteiger partial charge in [-0.1, -0.05) is 0 Å². The monoisotopic (exact) mass is 126 g/mol. The molecule has 0 unspecified atom stereocenters. The van der Waals surface area contributed by atoms with Gasteiger partial charge in [0, 0.05) is 19.1 Å². The number of likely N-dealkylation sites (N-methyl/N-ethyl adjacent to an activating group) is 1. The van der Waals surface area contributed by atoms with Crippen molar-refractivity contribution in [1.29, 1.82) is 0 Å². The number of nitrogens with one attached hydrogen (secondary N) is 1. The van der Waals surface area contributed by atoms with Gasteiger partial charge in [0.15, 0.2) is 0 Å². The molecule has 1 N–H and O–H groups in total. The van der Waals surface area contributed by atoms with E-state index in [4.69, 9.17) is 0 Å². The van der Waals surface area contributed by atoms with Crippen molar-refractivity contribution in [3.8, 4) is 0 Å². The fourth-order valence-corrected chi connectivity index (χ4v) is 2.07. The van der Waals surface area contributed by atoms with Crippen LogP contribution in [-0.2, 0) is 0 Å². The lowest BCUT2D eigenvalue weighted by Crippen LogP contribution is -2.38. The van der Waals surface area contributed by atoms with Crippen LogP contribution >= 0.6 is 0 Å². The predicted molar refractivity (Wildman–Crippen MR) is 37.4 cm³/mol. The molecular formula is C7H14N2. The van der Waals surface area contributed by atoms with Gasteiger partial charge in [0.2, 0.25) is 0 Å². The van der Waals surface area contributed by atoms with Crippen LogP contribution in [0.25, 0.3) is 0 Å². The fourth-order valence-electron chi connectivity index (χ4n) is 2.07. The molecule has 2 atom stereocenters. The number of fused-ring (bicyclic) bond motifs is 2. The molecule has 2 bridgehead atoms. The Morgan fingerprint density at radius 3 is 3.11 bits per heavy atom. The first-order valence-electron chi connectivity index (χ1n) is 3.76. The molecule has 2 fully saturated rings. The van der Waals surface area contributed by atoms with Crippen molar-refractivity contribution in [2.75, 3.05) is 26.7 Å². The molecule has 0 aliphatic carbocycles. The zero-order valence-corrected chi connectivity index (χ0v) is 5.93. The lowest BCUT2D eigenvalue weighted by Gasteiger charge is -2.26. The van der Waals surface area contributed by atoms with Crippen molar-refractivity contribution in [3.63, 3.8) is 0 Å². The molecular weight excluding hydrogens is 112 g/mol. The largest absolute Gasteiger partial charge is 0.312 e. The van der Waals surface area contributed by atoms with E-state index < -0.39 is 0 Å². The third-order valence-corrected chi connectivity index (χ3v) is 2.41. The number of hydrogen-bond donors (Lipinski definition) is 1. The van der Waals surface area contributed by atoms with Gasteiger partial charge in [-0.2, -0.15) is 0 Å². The zero-order chi connectivity index (χ0) is 6.27. The highest BCUT2D eigenvalue weighted by atomic mass is 15.2. The third-order valence-electron chi connectivity index (χ3n) is 2.41. The maximum absolute atomic E-state index is 3.51. The molecule has 2 heteroatoms. The van der Waals surface area contributed by atoms with E-state index in [0.717, 1.165) is 12.0 Å². The van der Waals surface area contributed by atoms with Crippen LogP contribution in [0, 0.1) is 5.92 Å². The second-order valence-corrected chi connectivity index (χ2v) is 3.43. The Kier molecular flexibility index (Phi) is 1.24. The average Bonchev–Trinajstić information content (AvgIpc) is 2.11. The van der Waals surface area contributed by atoms with Crippen molar-refractivity contribution >= 4 is 0 Å².